The number of hydrogen-bond acceptors (Lipinski definition) is 2. The number of aliphatic carboxylic acids is 1. The second kappa shape index (κ2) is 3.58. The van der Waals surface area contributed by atoms with Crippen molar-refractivity contribution in [3.63, 3.8) is 0 Å². The summed E-state index contributed by atoms with van der Waals surface area (Å²) in [7, 11) is 0. The van der Waals surface area contributed by atoms with E-state index in [1.54, 1.807) is 31.2 Å². The molecule has 0 aliphatic heterocycles. The predicted molar refractivity (Wildman–Crippen MR) is 49.2 cm³/mol. The summed E-state index contributed by atoms with van der Waals surface area (Å²) in [5.74, 6) is -1.00. The van der Waals surface area contributed by atoms with Crippen molar-refractivity contribution in [1.82, 2.24) is 0 Å². The predicted octanol–water partition coefficient (Wildman–Crippen LogP) is 1.12. The van der Waals surface area contributed by atoms with Crippen molar-refractivity contribution in [1.29, 1.82) is 0 Å². The molecule has 2 atom stereocenters. The molecule has 0 spiro atoms. The van der Waals surface area contributed by atoms with Gasteiger partial charge in [-0.25, -0.2) is 4.79 Å². The topological polar surface area (TPSA) is 57.5 Å². The lowest BCUT2D eigenvalue weighted by atomic mass is 9.81. The summed E-state index contributed by atoms with van der Waals surface area (Å²) in [6.07, 6.45) is 8.81. The zero-order chi connectivity index (χ0) is 9.90. The molecule has 70 valence electrons. The molecule has 3 nitrogen and oxygen atoms in total. The summed E-state index contributed by atoms with van der Waals surface area (Å²) in [4.78, 5) is 10.3. The van der Waals surface area contributed by atoms with Gasteiger partial charge in [0, 0.05) is 11.5 Å². The summed E-state index contributed by atoms with van der Waals surface area (Å²) in [6.45, 7) is 1.77. The molecule has 2 unspecified atom stereocenters. The molecule has 1 aliphatic rings. The van der Waals surface area contributed by atoms with E-state index in [1.807, 2.05) is 0 Å². The van der Waals surface area contributed by atoms with Gasteiger partial charge in [0.1, 0.15) is 0 Å². The Kier molecular flexibility index (Phi) is 2.68. The molecule has 1 rings (SSSR count). The van der Waals surface area contributed by atoms with Crippen molar-refractivity contribution in [2.24, 2.45) is 5.41 Å². The van der Waals surface area contributed by atoms with Crippen molar-refractivity contribution >= 4 is 5.97 Å². The number of allylic oxidation sites excluding steroid dienone is 2. The van der Waals surface area contributed by atoms with Gasteiger partial charge >= 0.3 is 5.97 Å². The third kappa shape index (κ3) is 2.29. The van der Waals surface area contributed by atoms with Gasteiger partial charge in [0.05, 0.1) is 6.10 Å². The Morgan fingerprint density at radius 3 is 2.77 bits per heavy atom. The van der Waals surface area contributed by atoms with Crippen LogP contribution in [0.4, 0.5) is 0 Å². The summed E-state index contributed by atoms with van der Waals surface area (Å²) < 4.78 is 0. The van der Waals surface area contributed by atoms with Crippen LogP contribution in [0.5, 0.6) is 0 Å². The molecular weight excluding hydrogens is 168 g/mol. The minimum atomic E-state index is -1.00. The van der Waals surface area contributed by atoms with Crippen LogP contribution in [0.25, 0.3) is 0 Å². The van der Waals surface area contributed by atoms with E-state index >= 15 is 0 Å². The largest absolute Gasteiger partial charge is 0.478 e. The maximum atomic E-state index is 10.3. The molecule has 0 aromatic carbocycles. The highest BCUT2D eigenvalue weighted by Gasteiger charge is 2.27. The molecule has 2 N–H and O–H groups in total. The van der Waals surface area contributed by atoms with Crippen LogP contribution in [0.1, 0.15) is 6.92 Å². The fourth-order valence-corrected chi connectivity index (χ4v) is 1.14. The number of rotatable bonds is 2. The van der Waals surface area contributed by atoms with Gasteiger partial charge in [-0.3, -0.25) is 0 Å². The second-order valence-electron chi connectivity index (χ2n) is 3.23. The Morgan fingerprint density at radius 1 is 1.54 bits per heavy atom. The maximum Gasteiger partial charge on any atom is 0.328 e. The quantitative estimate of drug-likeness (QED) is 0.626. The molecule has 0 aromatic rings. The molecule has 0 fully saturated rings. The third-order valence-electron chi connectivity index (χ3n) is 2.08. The molecule has 1 aliphatic carbocycles. The van der Waals surface area contributed by atoms with E-state index in [1.165, 1.54) is 6.08 Å². The molecule has 3 heteroatoms. The van der Waals surface area contributed by atoms with Crippen LogP contribution in [0.3, 0.4) is 0 Å². The Labute approximate surface area is 76.7 Å². The number of carboxylic acids is 1. The first-order valence-electron chi connectivity index (χ1n) is 4.01. The lowest BCUT2D eigenvalue weighted by molar-refractivity contribution is -0.131. The SMILES string of the molecule is CC1(/C=C/C(=O)O)C=CC=CC1O. The van der Waals surface area contributed by atoms with Gasteiger partial charge in [-0.15, -0.1) is 0 Å². The molecule has 0 amide bonds. The molecular formula is C10H12O3. The number of carboxylic acid groups (broad SMARTS) is 1. The first kappa shape index (κ1) is 9.74. The molecule has 0 aromatic heterocycles. The van der Waals surface area contributed by atoms with E-state index < -0.39 is 17.5 Å². The van der Waals surface area contributed by atoms with E-state index in [0.29, 0.717) is 0 Å². The average molecular weight is 180 g/mol. The molecule has 0 radical (unpaired) electrons. The summed E-state index contributed by atoms with van der Waals surface area (Å²) in [5, 5.41) is 18.0. The van der Waals surface area contributed by atoms with Crippen LogP contribution in [0.15, 0.2) is 36.5 Å². The van der Waals surface area contributed by atoms with Crippen LogP contribution in [-0.2, 0) is 4.79 Å². The van der Waals surface area contributed by atoms with Gasteiger partial charge < -0.3 is 10.2 Å². The van der Waals surface area contributed by atoms with Crippen LogP contribution in [-0.4, -0.2) is 22.3 Å². The van der Waals surface area contributed by atoms with Crippen LogP contribution >= 0.6 is 0 Å². The van der Waals surface area contributed by atoms with Gasteiger partial charge in [0.2, 0.25) is 0 Å². The standard InChI is InChI=1S/C10H12O3/c1-10(7-5-9(12)13)6-3-2-4-8(10)11/h2-8,11H,1H3,(H,12,13)/b7-5+. The minimum Gasteiger partial charge on any atom is -0.478 e. The van der Waals surface area contributed by atoms with Crippen molar-refractivity contribution in [3.05, 3.63) is 36.5 Å². The van der Waals surface area contributed by atoms with E-state index in [0.717, 1.165) is 6.08 Å². The zero-order valence-electron chi connectivity index (χ0n) is 7.34. The van der Waals surface area contributed by atoms with Gasteiger partial charge in [-0.05, 0) is 6.92 Å². The van der Waals surface area contributed by atoms with E-state index in [4.69, 9.17) is 5.11 Å². The number of hydrogen-bond donors (Lipinski definition) is 2. The highest BCUT2D eigenvalue weighted by atomic mass is 16.4. The van der Waals surface area contributed by atoms with Crippen LogP contribution in [0.2, 0.25) is 0 Å². The summed E-state index contributed by atoms with van der Waals surface area (Å²) in [6, 6.07) is 0. The van der Waals surface area contributed by atoms with Gasteiger partial charge in [-0.1, -0.05) is 30.4 Å². The number of carbonyl (C=O) groups is 1. The summed E-state index contributed by atoms with van der Waals surface area (Å²) >= 11 is 0. The average Bonchev–Trinajstić information content (AvgIpc) is 2.07. The second-order valence-corrected chi connectivity index (χ2v) is 3.23. The fraction of sp³-hybridized carbons (Fsp3) is 0.300. The smallest absolute Gasteiger partial charge is 0.328 e. The third-order valence-corrected chi connectivity index (χ3v) is 2.08. The lowest BCUT2D eigenvalue weighted by Gasteiger charge is -2.27. The molecule has 0 saturated carbocycles. The molecule has 13 heavy (non-hydrogen) atoms. The Bertz CT molecular complexity index is 289. The Morgan fingerprint density at radius 2 is 2.23 bits per heavy atom. The monoisotopic (exact) mass is 180 g/mol. The molecule has 0 heterocycles. The fourth-order valence-electron chi connectivity index (χ4n) is 1.14. The van der Waals surface area contributed by atoms with E-state index in [-0.39, 0.29) is 0 Å². The summed E-state index contributed by atoms with van der Waals surface area (Å²) in [5.41, 5.74) is -0.604. The van der Waals surface area contributed by atoms with Crippen molar-refractivity contribution < 1.29 is 15.0 Å². The minimum absolute atomic E-state index is 0.604. The number of aliphatic hydroxyl groups excluding tert-OH is 1. The number of aliphatic hydroxyl groups is 1. The van der Waals surface area contributed by atoms with E-state index in [9.17, 15) is 9.90 Å². The Balaban J connectivity index is 2.81. The highest BCUT2D eigenvalue weighted by molar-refractivity contribution is 5.80. The zero-order valence-corrected chi connectivity index (χ0v) is 7.34. The maximum absolute atomic E-state index is 10.3. The lowest BCUT2D eigenvalue weighted by Crippen LogP contribution is -2.28. The highest BCUT2D eigenvalue weighted by Crippen LogP contribution is 2.28. The van der Waals surface area contributed by atoms with Crippen molar-refractivity contribution in [2.75, 3.05) is 0 Å². The van der Waals surface area contributed by atoms with Crippen LogP contribution < -0.4 is 0 Å². The first-order chi connectivity index (χ1) is 6.04. The first-order valence-corrected chi connectivity index (χ1v) is 4.01. The van der Waals surface area contributed by atoms with Crippen molar-refractivity contribution in [3.8, 4) is 0 Å². The van der Waals surface area contributed by atoms with Crippen LogP contribution in [0, 0.1) is 5.41 Å². The van der Waals surface area contributed by atoms with Crippen molar-refractivity contribution in [2.45, 2.75) is 13.0 Å². The van der Waals surface area contributed by atoms with Gasteiger partial charge in [0.15, 0.2) is 0 Å². The van der Waals surface area contributed by atoms with E-state index in [2.05, 4.69) is 0 Å². The van der Waals surface area contributed by atoms with Gasteiger partial charge in [-0.2, -0.15) is 0 Å². The molecule has 0 saturated heterocycles. The normalized spacial score (nSPS) is 32.6. The molecule has 0 bridgehead atoms. The Hall–Kier alpha value is -1.35. The van der Waals surface area contributed by atoms with Gasteiger partial charge in [0.25, 0.3) is 0 Å².